The van der Waals surface area contributed by atoms with Gasteiger partial charge in [0.2, 0.25) is 5.43 Å². The number of likely N-dealkylation sites (N-methyl/N-ethyl adjacent to an activating group) is 1. The van der Waals surface area contributed by atoms with E-state index in [0.717, 1.165) is 31.9 Å². The molecule has 1 aliphatic rings. The second-order valence-corrected chi connectivity index (χ2v) is 5.50. The summed E-state index contributed by atoms with van der Waals surface area (Å²) in [4.78, 5) is 30.2. The van der Waals surface area contributed by atoms with Gasteiger partial charge in [-0.2, -0.15) is 0 Å². The number of benzene rings is 1. The molecule has 3 rings (SSSR count). The van der Waals surface area contributed by atoms with Crippen LogP contribution in [0.3, 0.4) is 0 Å². The Morgan fingerprint density at radius 3 is 2.55 bits per heavy atom. The smallest absolute Gasteiger partial charge is 0.356 e. The number of piperazine rings is 1. The van der Waals surface area contributed by atoms with Crippen molar-refractivity contribution in [2.45, 2.75) is 0 Å². The molecule has 0 spiro atoms. The van der Waals surface area contributed by atoms with Gasteiger partial charge in [-0.15, -0.1) is 0 Å². The van der Waals surface area contributed by atoms with Crippen molar-refractivity contribution in [3.8, 4) is 5.75 Å². The first kappa shape index (κ1) is 14.4. The van der Waals surface area contributed by atoms with Crippen molar-refractivity contribution in [1.82, 2.24) is 9.88 Å². The van der Waals surface area contributed by atoms with Crippen LogP contribution in [0.4, 0.5) is 5.69 Å². The second-order valence-electron chi connectivity index (χ2n) is 5.50. The van der Waals surface area contributed by atoms with Crippen LogP contribution in [0.5, 0.6) is 5.75 Å². The Bertz CT molecular complexity index is 791. The van der Waals surface area contributed by atoms with Crippen LogP contribution in [0.25, 0.3) is 10.9 Å². The Labute approximate surface area is 126 Å². The Kier molecular flexibility index (Phi) is 3.50. The van der Waals surface area contributed by atoms with Crippen LogP contribution < -0.4 is 10.3 Å². The first-order valence-corrected chi connectivity index (χ1v) is 7.03. The Hall–Kier alpha value is -2.54. The standard InChI is InChI=1S/C15H17N3O4/c1-17-4-6-18(7-5-17)9-2-3-10-11(8-9)16-12(15(21)22)14(20)13(10)19/h2-3,8,20H,4-7H2,1H3,(H,16,19)(H,21,22). The zero-order valence-electron chi connectivity index (χ0n) is 12.2. The van der Waals surface area contributed by atoms with Gasteiger partial charge in [-0.3, -0.25) is 4.79 Å². The van der Waals surface area contributed by atoms with Crippen molar-refractivity contribution < 1.29 is 15.0 Å². The molecule has 0 bridgehead atoms. The molecule has 0 atom stereocenters. The third-order valence-electron chi connectivity index (χ3n) is 4.04. The van der Waals surface area contributed by atoms with Gasteiger partial charge in [-0.25, -0.2) is 4.79 Å². The molecule has 0 saturated carbocycles. The fourth-order valence-electron chi connectivity index (χ4n) is 2.68. The lowest BCUT2D eigenvalue weighted by atomic mass is 10.1. The molecular weight excluding hydrogens is 286 g/mol. The van der Waals surface area contributed by atoms with Crippen molar-refractivity contribution in [3.05, 3.63) is 34.1 Å². The molecule has 2 aromatic rings. The van der Waals surface area contributed by atoms with Crippen LogP contribution in [0.15, 0.2) is 23.0 Å². The number of pyridine rings is 1. The number of hydrogen-bond acceptors (Lipinski definition) is 5. The van der Waals surface area contributed by atoms with E-state index in [1.807, 2.05) is 6.07 Å². The van der Waals surface area contributed by atoms with Gasteiger partial charge < -0.3 is 25.0 Å². The number of hydrogen-bond donors (Lipinski definition) is 3. The molecule has 7 heteroatoms. The number of carbonyl (C=O) groups is 1. The SMILES string of the molecule is CN1CCN(c2ccc3c(=O)c(O)c(C(=O)O)[nH]c3c2)CC1. The number of rotatable bonds is 2. The average Bonchev–Trinajstić information content (AvgIpc) is 2.51. The molecule has 7 nitrogen and oxygen atoms in total. The molecule has 0 amide bonds. The number of nitrogens with zero attached hydrogens (tertiary/aromatic N) is 2. The summed E-state index contributed by atoms with van der Waals surface area (Å²) in [6, 6.07) is 5.20. The molecule has 1 aromatic heterocycles. The summed E-state index contributed by atoms with van der Waals surface area (Å²) in [5.41, 5.74) is 0.194. The number of carboxylic acids is 1. The fourth-order valence-corrected chi connectivity index (χ4v) is 2.68. The van der Waals surface area contributed by atoms with E-state index in [0.29, 0.717) is 5.52 Å². The lowest BCUT2D eigenvalue weighted by Gasteiger charge is -2.34. The third kappa shape index (κ3) is 2.39. The molecule has 0 radical (unpaired) electrons. The second kappa shape index (κ2) is 5.34. The van der Waals surface area contributed by atoms with Crippen LogP contribution in [-0.4, -0.2) is 59.3 Å². The van der Waals surface area contributed by atoms with Crippen LogP contribution in [-0.2, 0) is 0 Å². The number of H-pyrrole nitrogens is 1. The summed E-state index contributed by atoms with van der Waals surface area (Å²) in [7, 11) is 2.07. The van der Waals surface area contributed by atoms with E-state index in [1.54, 1.807) is 12.1 Å². The molecule has 116 valence electrons. The largest absolute Gasteiger partial charge is 0.502 e. The number of aromatic carboxylic acids is 1. The van der Waals surface area contributed by atoms with Crippen molar-refractivity contribution in [1.29, 1.82) is 0 Å². The third-order valence-corrected chi connectivity index (χ3v) is 4.04. The summed E-state index contributed by atoms with van der Waals surface area (Å²) in [5, 5.41) is 19.0. The number of carboxylic acid groups (broad SMARTS) is 1. The van der Waals surface area contributed by atoms with Gasteiger partial charge in [0.1, 0.15) is 0 Å². The van der Waals surface area contributed by atoms with E-state index < -0.39 is 22.8 Å². The summed E-state index contributed by atoms with van der Waals surface area (Å²) >= 11 is 0. The van der Waals surface area contributed by atoms with Gasteiger partial charge >= 0.3 is 5.97 Å². The highest BCUT2D eigenvalue weighted by atomic mass is 16.4. The Morgan fingerprint density at radius 1 is 1.23 bits per heavy atom. The summed E-state index contributed by atoms with van der Waals surface area (Å²) in [5.74, 6) is -2.12. The fraction of sp³-hybridized carbons (Fsp3) is 0.333. The molecule has 2 heterocycles. The number of nitrogens with one attached hydrogen (secondary N) is 1. The van der Waals surface area contributed by atoms with Crippen molar-refractivity contribution in [2.75, 3.05) is 38.1 Å². The van der Waals surface area contributed by atoms with Gasteiger partial charge in [0.05, 0.1) is 5.52 Å². The van der Waals surface area contributed by atoms with Crippen LogP contribution in [0, 0.1) is 0 Å². The first-order valence-electron chi connectivity index (χ1n) is 7.03. The maximum atomic E-state index is 12.0. The number of aromatic nitrogens is 1. The highest BCUT2D eigenvalue weighted by molar-refractivity contribution is 5.93. The molecule has 0 aliphatic carbocycles. The topological polar surface area (TPSA) is 96.9 Å². The van der Waals surface area contributed by atoms with Gasteiger partial charge in [-0.1, -0.05) is 0 Å². The maximum Gasteiger partial charge on any atom is 0.356 e. The number of aromatic hydroxyl groups is 1. The van der Waals surface area contributed by atoms with Crippen molar-refractivity contribution in [2.24, 2.45) is 0 Å². The number of aromatic amines is 1. The molecule has 1 aliphatic heterocycles. The van der Waals surface area contributed by atoms with Crippen LogP contribution in [0.2, 0.25) is 0 Å². The highest BCUT2D eigenvalue weighted by Gasteiger charge is 2.18. The van der Waals surface area contributed by atoms with Gasteiger partial charge in [-0.05, 0) is 25.2 Å². The Balaban J connectivity index is 2.07. The molecule has 1 saturated heterocycles. The molecule has 22 heavy (non-hydrogen) atoms. The minimum atomic E-state index is -1.36. The van der Waals surface area contributed by atoms with Crippen LogP contribution >= 0.6 is 0 Å². The molecule has 1 fully saturated rings. The first-order chi connectivity index (χ1) is 10.5. The van der Waals surface area contributed by atoms with E-state index >= 15 is 0 Å². The Morgan fingerprint density at radius 2 is 1.91 bits per heavy atom. The van der Waals surface area contributed by atoms with Crippen LogP contribution in [0.1, 0.15) is 10.5 Å². The predicted molar refractivity (Wildman–Crippen MR) is 82.9 cm³/mol. The summed E-state index contributed by atoms with van der Waals surface area (Å²) in [6.45, 7) is 3.64. The van der Waals surface area contributed by atoms with E-state index in [-0.39, 0.29) is 5.39 Å². The minimum Gasteiger partial charge on any atom is -0.502 e. The quantitative estimate of drug-likeness (QED) is 0.755. The predicted octanol–water partition coefficient (Wildman–Crippen LogP) is 0.684. The zero-order valence-corrected chi connectivity index (χ0v) is 12.2. The minimum absolute atomic E-state index is 0.278. The van der Waals surface area contributed by atoms with E-state index in [9.17, 15) is 14.7 Å². The van der Waals surface area contributed by atoms with E-state index in [1.165, 1.54) is 0 Å². The zero-order chi connectivity index (χ0) is 15.9. The van der Waals surface area contributed by atoms with Gasteiger partial charge in [0.15, 0.2) is 11.4 Å². The molecular formula is C15H17N3O4. The lowest BCUT2D eigenvalue weighted by Crippen LogP contribution is -2.44. The monoisotopic (exact) mass is 303 g/mol. The molecule has 3 N–H and O–H groups in total. The van der Waals surface area contributed by atoms with E-state index in [4.69, 9.17) is 5.11 Å². The van der Waals surface area contributed by atoms with Gasteiger partial charge in [0, 0.05) is 37.3 Å². The van der Waals surface area contributed by atoms with E-state index in [2.05, 4.69) is 21.8 Å². The maximum absolute atomic E-state index is 12.0. The number of fused-ring (bicyclic) bond motifs is 1. The average molecular weight is 303 g/mol. The lowest BCUT2D eigenvalue weighted by molar-refractivity contribution is 0.0687. The summed E-state index contributed by atoms with van der Waals surface area (Å²) in [6.07, 6.45) is 0. The molecule has 1 aromatic carbocycles. The molecule has 0 unspecified atom stereocenters. The summed E-state index contributed by atoms with van der Waals surface area (Å²) < 4.78 is 0. The normalized spacial score (nSPS) is 16.1. The van der Waals surface area contributed by atoms with Crippen molar-refractivity contribution >= 4 is 22.6 Å². The highest BCUT2D eigenvalue weighted by Crippen LogP contribution is 2.23. The van der Waals surface area contributed by atoms with Gasteiger partial charge in [0.25, 0.3) is 0 Å². The van der Waals surface area contributed by atoms with Crippen molar-refractivity contribution in [3.63, 3.8) is 0 Å². The number of anilines is 1.